The van der Waals surface area contributed by atoms with Gasteiger partial charge in [0.15, 0.2) is 5.82 Å². The van der Waals surface area contributed by atoms with Crippen molar-refractivity contribution < 1.29 is 27.8 Å². The number of halogens is 3. The standard InChI is InChI=1S/C19H13F3N4O3/c20-19(21,22)29-16-7-5-15(6-8-16)26-11-24-18(25-26)13-3-1-12(2-4-13)14(10-23)9-17(27)28/h1-8,11,14H,9H2,(H,27,28). The van der Waals surface area contributed by atoms with E-state index in [4.69, 9.17) is 10.4 Å². The summed E-state index contributed by atoms with van der Waals surface area (Å²) < 4.78 is 41.9. The van der Waals surface area contributed by atoms with Crippen LogP contribution in [-0.4, -0.2) is 32.2 Å². The van der Waals surface area contributed by atoms with Gasteiger partial charge in [-0.05, 0) is 29.8 Å². The van der Waals surface area contributed by atoms with Crippen molar-refractivity contribution in [2.75, 3.05) is 0 Å². The first kappa shape index (κ1) is 19.9. The molecular weight excluding hydrogens is 389 g/mol. The molecule has 0 fully saturated rings. The molecule has 29 heavy (non-hydrogen) atoms. The maximum atomic E-state index is 12.2. The smallest absolute Gasteiger partial charge is 0.481 e. The van der Waals surface area contributed by atoms with Crippen LogP contribution in [0, 0.1) is 11.3 Å². The van der Waals surface area contributed by atoms with Gasteiger partial charge in [-0.3, -0.25) is 4.79 Å². The molecule has 0 aliphatic rings. The second kappa shape index (κ2) is 8.02. The van der Waals surface area contributed by atoms with Crippen LogP contribution in [0.4, 0.5) is 13.2 Å². The Hall–Kier alpha value is -3.87. The van der Waals surface area contributed by atoms with E-state index in [0.717, 1.165) is 0 Å². The number of aromatic nitrogens is 3. The monoisotopic (exact) mass is 402 g/mol. The second-order valence-corrected chi connectivity index (χ2v) is 5.96. The Balaban J connectivity index is 1.76. The summed E-state index contributed by atoms with van der Waals surface area (Å²) in [5, 5.41) is 22.2. The van der Waals surface area contributed by atoms with E-state index in [9.17, 15) is 18.0 Å². The molecule has 2 aromatic carbocycles. The van der Waals surface area contributed by atoms with E-state index in [2.05, 4.69) is 14.8 Å². The lowest BCUT2D eigenvalue weighted by Gasteiger charge is -2.09. The third-order valence-corrected chi connectivity index (χ3v) is 3.93. The van der Waals surface area contributed by atoms with Gasteiger partial charge in [-0.1, -0.05) is 24.3 Å². The number of aliphatic carboxylic acids is 1. The van der Waals surface area contributed by atoms with Crippen LogP contribution in [0.25, 0.3) is 17.1 Å². The van der Waals surface area contributed by atoms with Crippen LogP contribution in [0.3, 0.4) is 0 Å². The minimum atomic E-state index is -4.76. The van der Waals surface area contributed by atoms with Gasteiger partial charge in [-0.25, -0.2) is 9.67 Å². The van der Waals surface area contributed by atoms with E-state index >= 15 is 0 Å². The topological polar surface area (TPSA) is 101 Å². The number of nitrogens with zero attached hydrogens (tertiary/aromatic N) is 4. The van der Waals surface area contributed by atoms with Gasteiger partial charge in [-0.2, -0.15) is 5.26 Å². The van der Waals surface area contributed by atoms with Crippen molar-refractivity contribution in [1.82, 2.24) is 14.8 Å². The lowest BCUT2D eigenvalue weighted by atomic mass is 9.96. The molecule has 0 radical (unpaired) electrons. The number of carboxylic acid groups (broad SMARTS) is 1. The van der Waals surface area contributed by atoms with Crippen LogP contribution < -0.4 is 4.74 Å². The predicted octanol–water partition coefficient (Wildman–Crippen LogP) is 3.91. The Kier molecular flexibility index (Phi) is 5.50. The van der Waals surface area contributed by atoms with Gasteiger partial charge in [0.1, 0.15) is 12.1 Å². The van der Waals surface area contributed by atoms with E-state index in [1.807, 2.05) is 6.07 Å². The average molecular weight is 402 g/mol. The van der Waals surface area contributed by atoms with Gasteiger partial charge in [0.25, 0.3) is 0 Å². The normalized spacial score (nSPS) is 12.2. The molecule has 1 heterocycles. The number of hydrogen-bond donors (Lipinski definition) is 1. The molecule has 3 rings (SSSR count). The van der Waals surface area contributed by atoms with Crippen LogP contribution in [0.5, 0.6) is 5.75 Å². The van der Waals surface area contributed by atoms with Crippen molar-refractivity contribution in [2.24, 2.45) is 0 Å². The SMILES string of the molecule is N#CC(CC(=O)O)c1ccc(-c2ncn(-c3ccc(OC(F)(F)F)cc3)n2)cc1. The highest BCUT2D eigenvalue weighted by atomic mass is 19.4. The Morgan fingerprint density at radius 3 is 2.38 bits per heavy atom. The first-order valence-electron chi connectivity index (χ1n) is 8.25. The summed E-state index contributed by atoms with van der Waals surface area (Å²) >= 11 is 0. The summed E-state index contributed by atoms with van der Waals surface area (Å²) in [4.78, 5) is 15.0. The Morgan fingerprint density at radius 2 is 1.83 bits per heavy atom. The van der Waals surface area contributed by atoms with E-state index < -0.39 is 18.2 Å². The second-order valence-electron chi connectivity index (χ2n) is 5.96. The fraction of sp³-hybridized carbons (Fsp3) is 0.158. The molecule has 148 valence electrons. The van der Waals surface area contributed by atoms with Gasteiger partial charge in [-0.15, -0.1) is 18.3 Å². The number of ether oxygens (including phenoxy) is 1. The molecule has 1 unspecified atom stereocenters. The van der Waals surface area contributed by atoms with E-state index in [1.165, 1.54) is 35.3 Å². The first-order chi connectivity index (χ1) is 13.7. The van der Waals surface area contributed by atoms with E-state index in [0.29, 0.717) is 22.6 Å². The van der Waals surface area contributed by atoms with Crippen LogP contribution in [0.1, 0.15) is 17.9 Å². The lowest BCUT2D eigenvalue weighted by Crippen LogP contribution is -2.17. The Bertz CT molecular complexity index is 1040. The highest BCUT2D eigenvalue weighted by molar-refractivity contribution is 5.69. The van der Waals surface area contributed by atoms with Gasteiger partial charge in [0, 0.05) is 5.56 Å². The first-order valence-corrected chi connectivity index (χ1v) is 8.25. The maximum absolute atomic E-state index is 12.2. The Morgan fingerprint density at radius 1 is 1.17 bits per heavy atom. The number of carbonyl (C=O) groups is 1. The van der Waals surface area contributed by atoms with Gasteiger partial charge >= 0.3 is 12.3 Å². The summed E-state index contributed by atoms with van der Waals surface area (Å²) in [5.41, 5.74) is 1.69. The lowest BCUT2D eigenvalue weighted by molar-refractivity contribution is -0.274. The van der Waals surface area contributed by atoms with Crippen molar-refractivity contribution in [1.29, 1.82) is 5.26 Å². The molecular formula is C19H13F3N4O3. The molecule has 3 aromatic rings. The molecule has 0 saturated heterocycles. The third-order valence-electron chi connectivity index (χ3n) is 3.93. The number of hydrogen-bond acceptors (Lipinski definition) is 5. The summed E-state index contributed by atoms with van der Waals surface area (Å²) in [5.74, 6) is -1.80. The molecule has 7 nitrogen and oxygen atoms in total. The third kappa shape index (κ3) is 5.10. The molecule has 0 aliphatic carbocycles. The van der Waals surface area contributed by atoms with Crippen LogP contribution >= 0.6 is 0 Å². The Labute approximate surface area is 162 Å². The van der Waals surface area contributed by atoms with Crippen LogP contribution in [0.15, 0.2) is 54.9 Å². The molecule has 1 atom stereocenters. The largest absolute Gasteiger partial charge is 0.573 e. The number of alkyl halides is 3. The van der Waals surface area contributed by atoms with Gasteiger partial charge in [0.05, 0.1) is 24.1 Å². The zero-order valence-electron chi connectivity index (χ0n) is 14.7. The van der Waals surface area contributed by atoms with Crippen molar-refractivity contribution in [3.8, 4) is 28.9 Å². The molecule has 0 aliphatic heterocycles. The number of rotatable bonds is 6. The van der Waals surface area contributed by atoms with Crippen molar-refractivity contribution >= 4 is 5.97 Å². The highest BCUT2D eigenvalue weighted by Crippen LogP contribution is 2.25. The molecule has 1 aromatic heterocycles. The summed E-state index contributed by atoms with van der Waals surface area (Å²) in [6.45, 7) is 0. The molecule has 0 spiro atoms. The molecule has 10 heteroatoms. The van der Waals surface area contributed by atoms with Crippen LogP contribution in [-0.2, 0) is 4.79 Å². The zero-order valence-corrected chi connectivity index (χ0v) is 14.7. The van der Waals surface area contributed by atoms with Crippen molar-refractivity contribution in [3.63, 3.8) is 0 Å². The maximum Gasteiger partial charge on any atom is 0.573 e. The quantitative estimate of drug-likeness (QED) is 0.671. The molecule has 1 N–H and O–H groups in total. The number of carboxylic acids is 1. The summed E-state index contributed by atoms with van der Waals surface area (Å²) in [6.07, 6.45) is -3.65. The van der Waals surface area contributed by atoms with Crippen molar-refractivity contribution in [2.45, 2.75) is 18.7 Å². The zero-order chi connectivity index (χ0) is 21.0. The van der Waals surface area contributed by atoms with E-state index in [-0.39, 0.29) is 12.2 Å². The minimum absolute atomic E-state index is 0.295. The molecule has 0 amide bonds. The highest BCUT2D eigenvalue weighted by Gasteiger charge is 2.31. The minimum Gasteiger partial charge on any atom is -0.481 e. The average Bonchev–Trinajstić information content (AvgIpc) is 3.15. The fourth-order valence-corrected chi connectivity index (χ4v) is 2.60. The van der Waals surface area contributed by atoms with Gasteiger partial charge < -0.3 is 9.84 Å². The fourth-order valence-electron chi connectivity index (χ4n) is 2.60. The number of benzene rings is 2. The summed E-state index contributed by atoms with van der Waals surface area (Å²) in [7, 11) is 0. The number of nitriles is 1. The molecule has 0 bridgehead atoms. The summed E-state index contributed by atoms with van der Waals surface area (Å²) in [6, 6.07) is 13.7. The van der Waals surface area contributed by atoms with Crippen LogP contribution in [0.2, 0.25) is 0 Å². The molecule has 0 saturated carbocycles. The predicted molar refractivity (Wildman–Crippen MR) is 94.1 cm³/mol. The van der Waals surface area contributed by atoms with Crippen molar-refractivity contribution in [3.05, 3.63) is 60.4 Å². The van der Waals surface area contributed by atoms with Gasteiger partial charge in [0.2, 0.25) is 0 Å². The van der Waals surface area contributed by atoms with E-state index in [1.54, 1.807) is 24.3 Å².